The van der Waals surface area contributed by atoms with Crippen LogP contribution in [0.5, 0.6) is 0 Å². The van der Waals surface area contributed by atoms with Crippen molar-refractivity contribution in [2.24, 2.45) is 0 Å². The first-order valence-electron chi connectivity index (χ1n) is 10.6. The SMILES string of the molecule is CCN(CC)CCn1c(NC(=O)Cc2coc(-c3ccccc3)n2)nc2ccccc21. The molecule has 2 heterocycles. The summed E-state index contributed by atoms with van der Waals surface area (Å²) >= 11 is 0. The highest BCUT2D eigenvalue weighted by atomic mass is 16.3. The highest BCUT2D eigenvalue weighted by Crippen LogP contribution is 2.21. The molecule has 0 spiro atoms. The maximum atomic E-state index is 12.8. The number of hydrogen-bond acceptors (Lipinski definition) is 5. The van der Waals surface area contributed by atoms with Gasteiger partial charge in [0.05, 0.1) is 23.1 Å². The van der Waals surface area contributed by atoms with Crippen molar-refractivity contribution in [1.82, 2.24) is 19.4 Å². The van der Waals surface area contributed by atoms with E-state index in [0.717, 1.165) is 42.8 Å². The van der Waals surface area contributed by atoms with E-state index in [0.29, 0.717) is 17.5 Å². The van der Waals surface area contributed by atoms with Gasteiger partial charge in [0.2, 0.25) is 17.7 Å². The van der Waals surface area contributed by atoms with E-state index in [2.05, 4.69) is 38.6 Å². The quantitative estimate of drug-likeness (QED) is 0.441. The summed E-state index contributed by atoms with van der Waals surface area (Å²) in [6.45, 7) is 7.92. The molecule has 1 amide bonds. The molecule has 31 heavy (non-hydrogen) atoms. The number of benzene rings is 2. The van der Waals surface area contributed by atoms with Crippen molar-refractivity contribution in [2.45, 2.75) is 26.8 Å². The van der Waals surface area contributed by atoms with Crippen molar-refractivity contribution < 1.29 is 9.21 Å². The van der Waals surface area contributed by atoms with E-state index < -0.39 is 0 Å². The van der Waals surface area contributed by atoms with Gasteiger partial charge in [-0.15, -0.1) is 0 Å². The van der Waals surface area contributed by atoms with E-state index in [9.17, 15) is 4.79 Å². The molecule has 0 fully saturated rings. The Morgan fingerprint density at radius 2 is 1.77 bits per heavy atom. The molecule has 7 nitrogen and oxygen atoms in total. The van der Waals surface area contributed by atoms with Gasteiger partial charge >= 0.3 is 0 Å². The Hall–Kier alpha value is -3.45. The highest BCUT2D eigenvalue weighted by molar-refractivity contribution is 5.92. The van der Waals surface area contributed by atoms with E-state index >= 15 is 0 Å². The van der Waals surface area contributed by atoms with Crippen LogP contribution in [0.2, 0.25) is 0 Å². The lowest BCUT2D eigenvalue weighted by molar-refractivity contribution is -0.115. The van der Waals surface area contributed by atoms with Crippen LogP contribution in [-0.2, 0) is 17.8 Å². The number of aromatic nitrogens is 3. The predicted molar refractivity (Wildman–Crippen MR) is 122 cm³/mol. The topological polar surface area (TPSA) is 76.2 Å². The lowest BCUT2D eigenvalue weighted by atomic mass is 10.2. The summed E-state index contributed by atoms with van der Waals surface area (Å²) in [4.78, 5) is 24.2. The number of carbonyl (C=O) groups is 1. The number of para-hydroxylation sites is 2. The number of amides is 1. The monoisotopic (exact) mass is 417 g/mol. The average molecular weight is 418 g/mol. The smallest absolute Gasteiger partial charge is 0.232 e. The molecule has 0 atom stereocenters. The maximum absolute atomic E-state index is 12.8. The lowest BCUT2D eigenvalue weighted by Gasteiger charge is -2.19. The molecule has 0 aliphatic heterocycles. The number of likely N-dealkylation sites (N-methyl/N-ethyl adjacent to an activating group) is 1. The molecule has 0 aliphatic carbocycles. The highest BCUT2D eigenvalue weighted by Gasteiger charge is 2.16. The molecule has 4 aromatic rings. The summed E-state index contributed by atoms with van der Waals surface area (Å²) in [7, 11) is 0. The summed E-state index contributed by atoms with van der Waals surface area (Å²) in [5.41, 5.74) is 3.34. The second kappa shape index (κ2) is 9.57. The summed E-state index contributed by atoms with van der Waals surface area (Å²) in [6.07, 6.45) is 1.65. The van der Waals surface area contributed by atoms with Gasteiger partial charge in [0.1, 0.15) is 6.26 Å². The van der Waals surface area contributed by atoms with Crippen LogP contribution in [0.3, 0.4) is 0 Å². The molecular weight excluding hydrogens is 390 g/mol. The van der Waals surface area contributed by atoms with Crippen LogP contribution in [0.15, 0.2) is 65.3 Å². The Kier molecular flexibility index (Phi) is 6.43. The number of anilines is 1. The zero-order chi connectivity index (χ0) is 21.6. The first kappa shape index (κ1) is 20.8. The Morgan fingerprint density at radius 3 is 2.55 bits per heavy atom. The van der Waals surface area contributed by atoms with Crippen molar-refractivity contribution in [3.8, 4) is 11.5 Å². The van der Waals surface area contributed by atoms with Gasteiger partial charge in [0.25, 0.3) is 0 Å². The normalized spacial score (nSPS) is 11.3. The first-order chi connectivity index (χ1) is 15.2. The number of imidazole rings is 1. The molecule has 7 heteroatoms. The summed E-state index contributed by atoms with van der Waals surface area (Å²) in [6, 6.07) is 17.6. The first-order valence-corrected chi connectivity index (χ1v) is 10.6. The number of fused-ring (bicyclic) bond motifs is 1. The Labute approximate surface area is 181 Å². The van der Waals surface area contributed by atoms with Crippen LogP contribution in [0.1, 0.15) is 19.5 Å². The molecule has 0 unspecified atom stereocenters. The number of hydrogen-bond donors (Lipinski definition) is 1. The second-order valence-electron chi connectivity index (χ2n) is 7.34. The van der Waals surface area contributed by atoms with Gasteiger partial charge in [-0.05, 0) is 37.4 Å². The van der Waals surface area contributed by atoms with Gasteiger partial charge in [-0.1, -0.05) is 44.2 Å². The third-order valence-corrected chi connectivity index (χ3v) is 5.35. The van der Waals surface area contributed by atoms with Crippen LogP contribution in [0.25, 0.3) is 22.5 Å². The van der Waals surface area contributed by atoms with Gasteiger partial charge in [-0.25, -0.2) is 9.97 Å². The summed E-state index contributed by atoms with van der Waals surface area (Å²) < 4.78 is 7.62. The molecule has 0 saturated heterocycles. The lowest BCUT2D eigenvalue weighted by Crippen LogP contribution is -2.28. The van der Waals surface area contributed by atoms with Crippen molar-refractivity contribution >= 4 is 22.9 Å². The van der Waals surface area contributed by atoms with Gasteiger partial charge in [-0.3, -0.25) is 10.1 Å². The zero-order valence-electron chi connectivity index (χ0n) is 17.9. The molecule has 2 aromatic heterocycles. The fourth-order valence-corrected chi connectivity index (χ4v) is 3.61. The molecule has 2 aromatic carbocycles. The van der Waals surface area contributed by atoms with Gasteiger partial charge in [-0.2, -0.15) is 0 Å². The van der Waals surface area contributed by atoms with E-state index in [-0.39, 0.29) is 12.3 Å². The van der Waals surface area contributed by atoms with Crippen molar-refractivity contribution in [3.05, 3.63) is 66.6 Å². The third-order valence-electron chi connectivity index (χ3n) is 5.35. The van der Waals surface area contributed by atoms with Crippen molar-refractivity contribution in [3.63, 3.8) is 0 Å². The molecule has 4 rings (SSSR count). The Bertz CT molecular complexity index is 1150. The van der Waals surface area contributed by atoms with Gasteiger partial charge in [0, 0.05) is 18.7 Å². The maximum Gasteiger partial charge on any atom is 0.232 e. The fraction of sp³-hybridized carbons (Fsp3) is 0.292. The molecule has 0 saturated carbocycles. The van der Waals surface area contributed by atoms with Crippen LogP contribution in [-0.4, -0.2) is 45.0 Å². The van der Waals surface area contributed by atoms with Crippen LogP contribution >= 0.6 is 0 Å². The van der Waals surface area contributed by atoms with E-state index in [1.807, 2.05) is 54.6 Å². The number of rotatable bonds is 9. The average Bonchev–Trinajstić information content (AvgIpc) is 3.39. The van der Waals surface area contributed by atoms with Gasteiger partial charge < -0.3 is 13.9 Å². The molecule has 0 radical (unpaired) electrons. The molecule has 1 N–H and O–H groups in total. The molecule has 0 bridgehead atoms. The minimum atomic E-state index is -0.174. The van der Waals surface area contributed by atoms with Crippen LogP contribution in [0.4, 0.5) is 5.95 Å². The fourth-order valence-electron chi connectivity index (χ4n) is 3.61. The van der Waals surface area contributed by atoms with Crippen molar-refractivity contribution in [2.75, 3.05) is 25.0 Å². The number of carbonyl (C=O) groups excluding carboxylic acids is 1. The minimum absolute atomic E-state index is 0.121. The van der Waals surface area contributed by atoms with E-state index in [1.54, 1.807) is 0 Å². The molecule has 0 aliphatic rings. The third kappa shape index (κ3) is 4.83. The molecule has 160 valence electrons. The Morgan fingerprint density at radius 1 is 1.03 bits per heavy atom. The zero-order valence-corrected chi connectivity index (χ0v) is 17.9. The van der Waals surface area contributed by atoms with Crippen LogP contribution in [0, 0.1) is 0 Å². The van der Waals surface area contributed by atoms with Crippen molar-refractivity contribution in [1.29, 1.82) is 0 Å². The van der Waals surface area contributed by atoms with Gasteiger partial charge in [0.15, 0.2) is 0 Å². The standard InChI is InChI=1S/C24H27N5O2/c1-3-28(4-2)14-15-29-21-13-9-8-12-20(21)26-24(29)27-22(30)16-19-17-31-23(25-19)18-10-6-5-7-11-18/h5-13,17H,3-4,14-16H2,1-2H3,(H,26,27,30). The second-order valence-corrected chi connectivity index (χ2v) is 7.34. The predicted octanol–water partition coefficient (Wildman–Crippen LogP) is 4.21. The van der Waals surface area contributed by atoms with Crippen LogP contribution < -0.4 is 5.32 Å². The van der Waals surface area contributed by atoms with E-state index in [4.69, 9.17) is 4.42 Å². The molecular formula is C24H27N5O2. The Balaban J connectivity index is 1.49. The number of oxazole rings is 1. The minimum Gasteiger partial charge on any atom is -0.444 e. The van der Waals surface area contributed by atoms with E-state index in [1.165, 1.54) is 6.26 Å². The number of nitrogens with one attached hydrogen (secondary N) is 1. The summed E-state index contributed by atoms with van der Waals surface area (Å²) in [5.74, 6) is 0.896. The largest absolute Gasteiger partial charge is 0.444 e. The summed E-state index contributed by atoms with van der Waals surface area (Å²) in [5, 5.41) is 2.97. The number of nitrogens with zero attached hydrogens (tertiary/aromatic N) is 4.